The van der Waals surface area contributed by atoms with E-state index in [9.17, 15) is 13.2 Å². The van der Waals surface area contributed by atoms with Gasteiger partial charge in [0.1, 0.15) is 0 Å². The largest absolute Gasteiger partial charge is 0.481 e. The van der Waals surface area contributed by atoms with Crippen LogP contribution in [0.1, 0.15) is 38.5 Å². The van der Waals surface area contributed by atoms with Crippen LogP contribution in [0.25, 0.3) is 0 Å². The van der Waals surface area contributed by atoms with E-state index in [4.69, 9.17) is 10.4 Å². The number of nitrogens with zero attached hydrogens (tertiary/aromatic N) is 1. The summed E-state index contributed by atoms with van der Waals surface area (Å²) in [5.41, 5.74) is -0.500. The van der Waals surface area contributed by atoms with Gasteiger partial charge in [-0.1, -0.05) is 0 Å². The second kappa shape index (κ2) is 5.50. The Morgan fingerprint density at radius 3 is 2.47 bits per heavy atom. The third kappa shape index (κ3) is 5.18. The molecule has 6 heteroatoms. The zero-order valence-electron chi connectivity index (χ0n) is 9.68. The van der Waals surface area contributed by atoms with E-state index < -0.39 is 21.2 Å². The van der Waals surface area contributed by atoms with Gasteiger partial charge in [-0.25, -0.2) is 8.42 Å². The molecule has 0 aromatic rings. The van der Waals surface area contributed by atoms with Crippen molar-refractivity contribution in [3.63, 3.8) is 0 Å². The van der Waals surface area contributed by atoms with Crippen molar-refractivity contribution in [2.24, 2.45) is 5.41 Å². The second-order valence-electron chi connectivity index (χ2n) is 4.78. The minimum Gasteiger partial charge on any atom is -0.481 e. The van der Waals surface area contributed by atoms with E-state index in [2.05, 4.69) is 0 Å². The van der Waals surface area contributed by atoms with Gasteiger partial charge in [0.25, 0.3) is 0 Å². The Labute approximate surface area is 101 Å². The van der Waals surface area contributed by atoms with E-state index in [0.29, 0.717) is 32.1 Å². The molecule has 1 saturated carbocycles. The molecule has 0 aromatic heterocycles. The van der Waals surface area contributed by atoms with Crippen molar-refractivity contribution in [3.8, 4) is 6.07 Å². The molecule has 17 heavy (non-hydrogen) atoms. The number of rotatable bonds is 8. The molecule has 1 aliphatic carbocycles. The molecule has 1 aliphatic rings. The normalized spacial score (nSPS) is 17.4. The summed E-state index contributed by atoms with van der Waals surface area (Å²) in [4.78, 5) is 10.6. The van der Waals surface area contributed by atoms with Crippen LogP contribution >= 0.6 is 0 Å². The van der Waals surface area contributed by atoms with Crippen LogP contribution in [-0.4, -0.2) is 31.0 Å². The van der Waals surface area contributed by atoms with E-state index >= 15 is 0 Å². The van der Waals surface area contributed by atoms with Gasteiger partial charge >= 0.3 is 5.97 Å². The summed E-state index contributed by atoms with van der Waals surface area (Å²) < 4.78 is 23.5. The third-order valence-electron chi connectivity index (χ3n) is 3.00. The van der Waals surface area contributed by atoms with Crippen LogP contribution in [0.3, 0.4) is 0 Å². The molecular formula is C11H17NO4S. The van der Waals surface area contributed by atoms with Crippen molar-refractivity contribution in [1.29, 1.82) is 5.26 Å². The third-order valence-corrected chi connectivity index (χ3v) is 4.97. The molecule has 0 radical (unpaired) electrons. The van der Waals surface area contributed by atoms with Gasteiger partial charge in [0.2, 0.25) is 0 Å². The lowest BCUT2D eigenvalue weighted by atomic mass is 10.1. The van der Waals surface area contributed by atoms with Crippen LogP contribution in [0.15, 0.2) is 0 Å². The maximum Gasteiger partial charge on any atom is 0.303 e. The van der Waals surface area contributed by atoms with Crippen molar-refractivity contribution < 1.29 is 18.3 Å². The van der Waals surface area contributed by atoms with Gasteiger partial charge in [-0.15, -0.1) is 0 Å². The van der Waals surface area contributed by atoms with E-state index in [1.165, 1.54) is 0 Å². The molecule has 1 rings (SSSR count). The number of sulfone groups is 1. The number of nitriles is 1. The van der Waals surface area contributed by atoms with Gasteiger partial charge in [0.05, 0.1) is 24.0 Å². The second-order valence-corrected chi connectivity index (χ2v) is 6.96. The van der Waals surface area contributed by atoms with Gasteiger partial charge in [-0.2, -0.15) is 5.26 Å². The van der Waals surface area contributed by atoms with Crippen molar-refractivity contribution in [3.05, 3.63) is 0 Å². The molecular weight excluding hydrogens is 242 g/mol. The first kappa shape index (κ1) is 14.0. The zero-order chi connectivity index (χ0) is 12.9. The highest BCUT2D eigenvalue weighted by Gasteiger charge is 2.47. The molecule has 0 heterocycles. The summed E-state index contributed by atoms with van der Waals surface area (Å²) in [7, 11) is -3.18. The smallest absolute Gasteiger partial charge is 0.303 e. The first-order chi connectivity index (χ1) is 7.89. The van der Waals surface area contributed by atoms with E-state index in [-0.39, 0.29) is 17.9 Å². The summed E-state index contributed by atoms with van der Waals surface area (Å²) in [6.07, 6.45) is 2.77. The Balaban J connectivity index is 2.39. The molecule has 0 bridgehead atoms. The minimum atomic E-state index is -3.18. The van der Waals surface area contributed by atoms with Gasteiger partial charge in [-0.3, -0.25) is 4.79 Å². The van der Waals surface area contributed by atoms with Crippen LogP contribution in [0.4, 0.5) is 0 Å². The van der Waals surface area contributed by atoms with E-state index in [0.717, 1.165) is 0 Å². The molecule has 5 nitrogen and oxygen atoms in total. The van der Waals surface area contributed by atoms with Gasteiger partial charge in [0.15, 0.2) is 9.84 Å². The predicted octanol–water partition coefficient (Wildman–Crippen LogP) is 1.35. The summed E-state index contributed by atoms with van der Waals surface area (Å²) >= 11 is 0. The zero-order valence-corrected chi connectivity index (χ0v) is 10.5. The molecule has 0 unspecified atom stereocenters. The fourth-order valence-corrected chi connectivity index (χ4v) is 4.05. The highest BCUT2D eigenvalue weighted by atomic mass is 32.2. The minimum absolute atomic E-state index is 0.0150. The average Bonchev–Trinajstić information content (AvgIpc) is 2.90. The van der Waals surface area contributed by atoms with Crippen LogP contribution in [0, 0.1) is 16.7 Å². The van der Waals surface area contributed by atoms with Gasteiger partial charge in [-0.05, 0) is 31.1 Å². The van der Waals surface area contributed by atoms with Crippen LogP contribution < -0.4 is 0 Å². The number of carboxylic acid groups (broad SMARTS) is 1. The summed E-state index contributed by atoms with van der Waals surface area (Å²) in [5.74, 6) is -0.878. The molecule has 0 aliphatic heterocycles. The molecule has 96 valence electrons. The lowest BCUT2D eigenvalue weighted by molar-refractivity contribution is -0.138. The lowest BCUT2D eigenvalue weighted by Crippen LogP contribution is -2.22. The van der Waals surface area contributed by atoms with Crippen LogP contribution in [-0.2, 0) is 14.6 Å². The number of hydrogen-bond acceptors (Lipinski definition) is 4. The number of hydrogen-bond donors (Lipinski definition) is 1. The Morgan fingerprint density at radius 2 is 2.00 bits per heavy atom. The Kier molecular flexibility index (Phi) is 4.52. The Bertz CT molecular complexity index is 417. The van der Waals surface area contributed by atoms with Crippen molar-refractivity contribution in [2.45, 2.75) is 38.5 Å². The highest BCUT2D eigenvalue weighted by Crippen LogP contribution is 2.49. The van der Waals surface area contributed by atoms with Gasteiger partial charge < -0.3 is 5.11 Å². The number of carboxylic acids is 1. The molecule has 0 atom stereocenters. The maximum absolute atomic E-state index is 11.8. The highest BCUT2D eigenvalue weighted by molar-refractivity contribution is 7.91. The van der Waals surface area contributed by atoms with E-state index in [1.807, 2.05) is 6.07 Å². The van der Waals surface area contributed by atoms with Gasteiger partial charge in [0, 0.05) is 6.42 Å². The van der Waals surface area contributed by atoms with Crippen LogP contribution in [0.5, 0.6) is 0 Å². The summed E-state index contributed by atoms with van der Waals surface area (Å²) in [5, 5.41) is 17.0. The van der Waals surface area contributed by atoms with Crippen LogP contribution in [0.2, 0.25) is 0 Å². The standard InChI is InChI=1S/C11H17NO4S/c12-6-2-1-3-7-17(15,16)9-11(4-5-11)8-10(13)14/h1-5,7-9H2,(H,13,14). The molecule has 1 N–H and O–H groups in total. The maximum atomic E-state index is 11.8. The monoisotopic (exact) mass is 259 g/mol. The summed E-state index contributed by atoms with van der Waals surface area (Å²) in [6, 6.07) is 1.97. The van der Waals surface area contributed by atoms with E-state index in [1.54, 1.807) is 0 Å². The molecule has 0 amide bonds. The quantitative estimate of drug-likeness (QED) is 0.664. The van der Waals surface area contributed by atoms with Crippen molar-refractivity contribution in [1.82, 2.24) is 0 Å². The Morgan fingerprint density at radius 1 is 1.35 bits per heavy atom. The lowest BCUT2D eigenvalue weighted by Gasteiger charge is -2.12. The average molecular weight is 259 g/mol. The SMILES string of the molecule is N#CCCCCS(=O)(=O)CC1(CC(=O)O)CC1. The first-order valence-corrected chi connectivity index (χ1v) is 7.50. The number of carbonyl (C=O) groups is 1. The fourth-order valence-electron chi connectivity index (χ4n) is 1.93. The first-order valence-electron chi connectivity index (χ1n) is 5.68. The fraction of sp³-hybridized carbons (Fsp3) is 0.818. The molecule has 0 aromatic carbocycles. The van der Waals surface area contributed by atoms with Crippen molar-refractivity contribution in [2.75, 3.05) is 11.5 Å². The summed E-state index contributed by atoms with van der Waals surface area (Å²) in [6.45, 7) is 0. The number of unbranched alkanes of at least 4 members (excludes halogenated alkanes) is 2. The topological polar surface area (TPSA) is 95.2 Å². The molecule has 0 spiro atoms. The number of aliphatic carboxylic acids is 1. The predicted molar refractivity (Wildman–Crippen MR) is 62.0 cm³/mol. The molecule has 1 fully saturated rings. The Hall–Kier alpha value is -1.09. The van der Waals surface area contributed by atoms with Crippen molar-refractivity contribution >= 4 is 15.8 Å². The molecule has 0 saturated heterocycles.